The Morgan fingerprint density at radius 3 is 2.92 bits per heavy atom. The third-order valence-electron chi connectivity index (χ3n) is 4.90. The van der Waals surface area contributed by atoms with E-state index in [1.165, 1.54) is 0 Å². The molecule has 0 amide bonds. The predicted octanol–water partition coefficient (Wildman–Crippen LogP) is 1.55. The minimum atomic E-state index is 0.440. The molecule has 0 bridgehead atoms. The zero-order chi connectivity index (χ0) is 16.9. The number of aromatic nitrogens is 4. The van der Waals surface area contributed by atoms with Crippen LogP contribution in [-0.2, 0) is 6.54 Å². The molecule has 0 spiro atoms. The van der Waals surface area contributed by atoms with Gasteiger partial charge in [-0.05, 0) is 19.3 Å². The Morgan fingerprint density at radius 2 is 2.25 bits per heavy atom. The van der Waals surface area contributed by atoms with E-state index in [4.69, 9.17) is 0 Å². The van der Waals surface area contributed by atoms with E-state index in [1.54, 1.807) is 0 Å². The van der Waals surface area contributed by atoms with Crippen LogP contribution in [0.2, 0.25) is 0 Å². The lowest BCUT2D eigenvalue weighted by molar-refractivity contribution is 0.189. The summed E-state index contributed by atoms with van der Waals surface area (Å²) in [6, 6.07) is 0.440. The van der Waals surface area contributed by atoms with Crippen LogP contribution in [0.5, 0.6) is 0 Å². The molecule has 1 aliphatic heterocycles. The van der Waals surface area contributed by atoms with Crippen molar-refractivity contribution in [3.05, 3.63) is 36.9 Å². The maximum absolute atomic E-state index is 4.48. The van der Waals surface area contributed by atoms with Crippen LogP contribution < -0.4 is 5.32 Å². The molecule has 3 rings (SSSR count). The predicted molar refractivity (Wildman–Crippen MR) is 94.9 cm³/mol. The highest BCUT2D eigenvalue weighted by atomic mass is 15.3. The van der Waals surface area contributed by atoms with Gasteiger partial charge >= 0.3 is 0 Å². The van der Waals surface area contributed by atoms with Gasteiger partial charge in [-0.3, -0.25) is 4.99 Å². The summed E-state index contributed by atoms with van der Waals surface area (Å²) in [4.78, 5) is 15.3. The Morgan fingerprint density at radius 1 is 1.38 bits per heavy atom. The molecule has 0 aliphatic carbocycles. The second-order valence-corrected chi connectivity index (χ2v) is 6.43. The number of guanidine groups is 1. The Labute approximate surface area is 143 Å². The number of hydrogen-bond donors (Lipinski definition) is 1. The first kappa shape index (κ1) is 16.5. The van der Waals surface area contributed by atoms with Gasteiger partial charge in [0.1, 0.15) is 5.82 Å². The molecule has 130 valence electrons. The molecule has 1 N–H and O–H groups in total. The highest BCUT2D eigenvalue weighted by Gasteiger charge is 2.28. The van der Waals surface area contributed by atoms with E-state index < -0.39 is 0 Å². The number of piperidine rings is 1. The van der Waals surface area contributed by atoms with Gasteiger partial charge < -0.3 is 19.4 Å². The van der Waals surface area contributed by atoms with E-state index in [-0.39, 0.29) is 0 Å². The van der Waals surface area contributed by atoms with Crippen molar-refractivity contribution in [2.24, 2.45) is 10.9 Å². The molecule has 0 saturated carbocycles. The fourth-order valence-electron chi connectivity index (χ4n) is 3.36. The van der Waals surface area contributed by atoms with Crippen LogP contribution in [0.4, 0.5) is 0 Å². The molecule has 2 aromatic heterocycles. The minimum Gasteiger partial charge on any atom is -0.354 e. The van der Waals surface area contributed by atoms with E-state index in [0.29, 0.717) is 12.0 Å². The maximum atomic E-state index is 4.48. The van der Waals surface area contributed by atoms with Gasteiger partial charge in [0.2, 0.25) is 0 Å². The maximum Gasteiger partial charge on any atom is 0.193 e. The van der Waals surface area contributed by atoms with Crippen molar-refractivity contribution in [1.82, 2.24) is 29.3 Å². The molecule has 0 radical (unpaired) electrons. The van der Waals surface area contributed by atoms with Gasteiger partial charge in [0.05, 0.1) is 12.4 Å². The lowest BCUT2D eigenvalue weighted by atomic mass is 9.93. The van der Waals surface area contributed by atoms with E-state index in [0.717, 1.165) is 44.4 Å². The number of rotatable bonds is 4. The molecule has 3 heterocycles. The zero-order valence-electron chi connectivity index (χ0n) is 14.8. The van der Waals surface area contributed by atoms with Crippen LogP contribution in [0.15, 0.2) is 36.1 Å². The molecule has 2 aromatic rings. The first-order valence-corrected chi connectivity index (χ1v) is 8.60. The zero-order valence-corrected chi connectivity index (χ0v) is 14.8. The fourth-order valence-corrected chi connectivity index (χ4v) is 3.36. The molecule has 7 heteroatoms. The Balaban J connectivity index is 1.58. The van der Waals surface area contributed by atoms with Gasteiger partial charge in [-0.25, -0.2) is 9.97 Å². The summed E-state index contributed by atoms with van der Waals surface area (Å²) in [6.07, 6.45) is 10.8. The second kappa shape index (κ2) is 7.51. The van der Waals surface area contributed by atoms with Gasteiger partial charge in [-0.1, -0.05) is 6.92 Å². The highest BCUT2D eigenvalue weighted by molar-refractivity contribution is 5.80. The van der Waals surface area contributed by atoms with Crippen LogP contribution in [0.3, 0.4) is 0 Å². The van der Waals surface area contributed by atoms with Gasteiger partial charge in [-0.15, -0.1) is 0 Å². The molecule has 0 aromatic carbocycles. The number of hydrogen-bond acceptors (Lipinski definition) is 3. The summed E-state index contributed by atoms with van der Waals surface area (Å²) in [5.41, 5.74) is 0. The van der Waals surface area contributed by atoms with Crippen molar-refractivity contribution in [1.29, 1.82) is 0 Å². The number of likely N-dealkylation sites (tertiary alicyclic amines) is 1. The standard InChI is InChI=1S/C17H27N7/c1-14-4-8-23(12-16(14)24-9-5-19-13-24)17(18-3)21-7-11-22-10-6-20-15(22)2/h5-6,9-10,13-14,16H,4,7-8,11-12H2,1-3H3,(H,18,21). The molecule has 1 saturated heterocycles. The largest absolute Gasteiger partial charge is 0.354 e. The first-order valence-electron chi connectivity index (χ1n) is 8.60. The van der Waals surface area contributed by atoms with E-state index in [9.17, 15) is 0 Å². The van der Waals surface area contributed by atoms with Crippen LogP contribution in [-0.4, -0.2) is 56.6 Å². The van der Waals surface area contributed by atoms with Crippen molar-refractivity contribution in [3.63, 3.8) is 0 Å². The smallest absolute Gasteiger partial charge is 0.193 e. The number of aryl methyl sites for hydroxylation is 1. The molecule has 1 fully saturated rings. The third kappa shape index (κ3) is 3.60. The van der Waals surface area contributed by atoms with Crippen LogP contribution in [0.25, 0.3) is 0 Å². The second-order valence-electron chi connectivity index (χ2n) is 6.43. The monoisotopic (exact) mass is 329 g/mol. The van der Waals surface area contributed by atoms with Gasteiger partial charge in [-0.2, -0.15) is 0 Å². The topological polar surface area (TPSA) is 63.3 Å². The number of nitrogens with one attached hydrogen (secondary N) is 1. The third-order valence-corrected chi connectivity index (χ3v) is 4.90. The van der Waals surface area contributed by atoms with E-state index in [1.807, 2.05) is 38.9 Å². The normalized spacial score (nSPS) is 22.0. The van der Waals surface area contributed by atoms with Gasteiger partial charge in [0.25, 0.3) is 0 Å². The molecular weight excluding hydrogens is 302 g/mol. The van der Waals surface area contributed by atoms with E-state index >= 15 is 0 Å². The Hall–Kier alpha value is -2.31. The van der Waals surface area contributed by atoms with Crippen molar-refractivity contribution in [3.8, 4) is 0 Å². The van der Waals surface area contributed by atoms with Crippen LogP contribution in [0.1, 0.15) is 25.2 Å². The summed E-state index contributed by atoms with van der Waals surface area (Å²) in [6.45, 7) is 8.07. The van der Waals surface area contributed by atoms with Crippen molar-refractivity contribution in [2.45, 2.75) is 32.9 Å². The molecule has 7 nitrogen and oxygen atoms in total. The van der Waals surface area contributed by atoms with Crippen LogP contribution in [0, 0.1) is 12.8 Å². The lowest BCUT2D eigenvalue weighted by Crippen LogP contribution is -2.49. The molecule has 1 aliphatic rings. The average Bonchev–Trinajstić information content (AvgIpc) is 3.25. The number of aliphatic imine (C=N–C) groups is 1. The first-order chi connectivity index (χ1) is 11.7. The number of nitrogens with zero attached hydrogens (tertiary/aromatic N) is 6. The SMILES string of the molecule is CN=C(NCCn1ccnc1C)N1CCC(C)C(n2ccnc2)C1. The Bertz CT molecular complexity index is 658. The summed E-state index contributed by atoms with van der Waals surface area (Å²) >= 11 is 0. The van der Waals surface area contributed by atoms with Crippen molar-refractivity contribution < 1.29 is 0 Å². The highest BCUT2D eigenvalue weighted by Crippen LogP contribution is 2.27. The lowest BCUT2D eigenvalue weighted by Gasteiger charge is -2.39. The summed E-state index contributed by atoms with van der Waals surface area (Å²) in [5, 5.41) is 3.49. The summed E-state index contributed by atoms with van der Waals surface area (Å²) in [7, 11) is 1.86. The van der Waals surface area contributed by atoms with Crippen LogP contribution >= 0.6 is 0 Å². The summed E-state index contributed by atoms with van der Waals surface area (Å²) < 4.78 is 4.37. The van der Waals surface area contributed by atoms with Crippen molar-refractivity contribution >= 4 is 5.96 Å². The molecule has 2 unspecified atom stereocenters. The average molecular weight is 329 g/mol. The number of imidazole rings is 2. The molecule has 2 atom stereocenters. The van der Waals surface area contributed by atoms with Crippen molar-refractivity contribution in [2.75, 3.05) is 26.7 Å². The van der Waals surface area contributed by atoms with Gasteiger partial charge in [0, 0.05) is 58.0 Å². The summed E-state index contributed by atoms with van der Waals surface area (Å²) in [5.74, 6) is 2.66. The fraction of sp³-hybridized carbons (Fsp3) is 0.588. The van der Waals surface area contributed by atoms with Gasteiger partial charge in [0.15, 0.2) is 5.96 Å². The Kier molecular flexibility index (Phi) is 5.17. The quantitative estimate of drug-likeness (QED) is 0.683. The molecular formula is C17H27N7. The van der Waals surface area contributed by atoms with E-state index in [2.05, 4.69) is 47.4 Å². The minimum absolute atomic E-state index is 0.440. The molecule has 24 heavy (non-hydrogen) atoms.